The Balaban J connectivity index is 1.60. The van der Waals surface area contributed by atoms with Crippen molar-refractivity contribution < 1.29 is 36.6 Å². The van der Waals surface area contributed by atoms with Crippen molar-refractivity contribution in [3.63, 3.8) is 0 Å². The number of rotatable bonds is 6. The number of carbonyl (C=O) groups is 2. The van der Waals surface area contributed by atoms with Crippen LogP contribution in [0.1, 0.15) is 64.9 Å². The number of amides is 2. The fourth-order valence-corrected chi connectivity index (χ4v) is 4.55. The van der Waals surface area contributed by atoms with Crippen molar-refractivity contribution in [1.82, 2.24) is 15.2 Å². The Labute approximate surface area is 208 Å². The molecule has 3 rings (SSSR count). The number of halogens is 4. The SMILES string of the molecule is COc1nc(NC2CCC(C(F)(F)F)CC2)c(F)cc1CNC(=O)[C@@H]1CCCN1C(=O)OC(C)(C)C. The van der Waals surface area contributed by atoms with Crippen LogP contribution >= 0.6 is 0 Å². The summed E-state index contributed by atoms with van der Waals surface area (Å²) in [7, 11) is 1.35. The predicted octanol–water partition coefficient (Wildman–Crippen LogP) is 4.78. The molecule has 1 atom stereocenters. The van der Waals surface area contributed by atoms with E-state index in [4.69, 9.17) is 9.47 Å². The molecule has 1 aromatic heterocycles. The molecule has 0 aromatic carbocycles. The number of nitrogens with zero attached hydrogens (tertiary/aromatic N) is 2. The maximum absolute atomic E-state index is 14.8. The number of likely N-dealkylation sites (tertiary alicyclic amines) is 1. The summed E-state index contributed by atoms with van der Waals surface area (Å²) < 4.78 is 64.1. The molecule has 1 aliphatic carbocycles. The lowest BCUT2D eigenvalue weighted by molar-refractivity contribution is -0.182. The van der Waals surface area contributed by atoms with E-state index in [2.05, 4.69) is 15.6 Å². The molecule has 1 aromatic rings. The molecule has 0 radical (unpaired) electrons. The number of ether oxygens (including phenoxy) is 2. The molecule has 0 bridgehead atoms. The summed E-state index contributed by atoms with van der Waals surface area (Å²) in [6, 6.07) is 0.147. The molecule has 36 heavy (non-hydrogen) atoms. The highest BCUT2D eigenvalue weighted by molar-refractivity contribution is 5.86. The molecule has 202 valence electrons. The molecular weight excluding hydrogens is 484 g/mol. The normalized spacial score (nSPS) is 22.8. The summed E-state index contributed by atoms with van der Waals surface area (Å²) in [5.74, 6) is -2.46. The third kappa shape index (κ3) is 7.13. The van der Waals surface area contributed by atoms with Gasteiger partial charge in [0.05, 0.1) is 13.0 Å². The average Bonchev–Trinajstić information content (AvgIpc) is 3.28. The van der Waals surface area contributed by atoms with Crippen LogP contribution in [0.2, 0.25) is 0 Å². The van der Waals surface area contributed by atoms with Crippen LogP contribution < -0.4 is 15.4 Å². The fraction of sp³-hybridized carbons (Fsp3) is 0.708. The molecule has 8 nitrogen and oxygen atoms in total. The number of carbonyl (C=O) groups excluding carboxylic acids is 2. The van der Waals surface area contributed by atoms with E-state index in [0.717, 1.165) is 0 Å². The standard InChI is InChI=1S/C24H34F4N4O4/c1-23(2,3)36-22(34)32-11-5-6-18(32)20(33)29-13-14-12-17(25)19(31-21(14)35-4)30-16-9-7-15(8-10-16)24(26,27)28/h12,15-16,18H,5-11,13H2,1-4H3,(H,29,33)(H,30,31)/t15?,16?,18-/m0/s1. The molecule has 1 saturated carbocycles. The lowest BCUT2D eigenvalue weighted by Gasteiger charge is -2.30. The van der Waals surface area contributed by atoms with Gasteiger partial charge in [-0.1, -0.05) is 0 Å². The van der Waals surface area contributed by atoms with Gasteiger partial charge in [-0.25, -0.2) is 9.18 Å². The summed E-state index contributed by atoms with van der Waals surface area (Å²) in [5.41, 5.74) is -0.401. The van der Waals surface area contributed by atoms with Crippen LogP contribution in [0.4, 0.5) is 28.2 Å². The van der Waals surface area contributed by atoms with Crippen LogP contribution in [0.15, 0.2) is 6.07 Å². The van der Waals surface area contributed by atoms with Gasteiger partial charge in [0.25, 0.3) is 0 Å². The number of alkyl halides is 3. The van der Waals surface area contributed by atoms with Gasteiger partial charge in [0.1, 0.15) is 11.6 Å². The zero-order valence-corrected chi connectivity index (χ0v) is 21.0. The largest absolute Gasteiger partial charge is 0.481 e. The molecule has 0 spiro atoms. The first kappa shape index (κ1) is 27.8. The van der Waals surface area contributed by atoms with Crippen molar-refractivity contribution in [2.24, 2.45) is 5.92 Å². The zero-order valence-electron chi connectivity index (χ0n) is 21.0. The predicted molar refractivity (Wildman–Crippen MR) is 124 cm³/mol. The Hall–Kier alpha value is -2.79. The van der Waals surface area contributed by atoms with Crippen LogP contribution in [0.25, 0.3) is 0 Å². The Bertz CT molecular complexity index is 943. The van der Waals surface area contributed by atoms with Crippen molar-refractivity contribution in [1.29, 1.82) is 0 Å². The van der Waals surface area contributed by atoms with Gasteiger partial charge in [-0.2, -0.15) is 18.2 Å². The van der Waals surface area contributed by atoms with E-state index in [1.807, 2.05) is 0 Å². The van der Waals surface area contributed by atoms with Gasteiger partial charge in [0, 0.05) is 24.7 Å². The summed E-state index contributed by atoms with van der Waals surface area (Å²) in [6.07, 6.45) is -3.19. The zero-order chi connectivity index (χ0) is 26.7. The Morgan fingerprint density at radius 2 is 1.81 bits per heavy atom. The smallest absolute Gasteiger partial charge is 0.410 e. The highest BCUT2D eigenvalue weighted by Gasteiger charge is 2.41. The van der Waals surface area contributed by atoms with Gasteiger partial charge in [-0.05, 0) is 65.4 Å². The minimum Gasteiger partial charge on any atom is -0.481 e. The maximum atomic E-state index is 14.8. The molecule has 1 saturated heterocycles. The quantitative estimate of drug-likeness (QED) is 0.527. The summed E-state index contributed by atoms with van der Waals surface area (Å²) >= 11 is 0. The van der Waals surface area contributed by atoms with Gasteiger partial charge in [0.2, 0.25) is 11.8 Å². The molecule has 2 heterocycles. The van der Waals surface area contributed by atoms with Crippen molar-refractivity contribution in [2.45, 2.75) is 89.7 Å². The third-order valence-electron chi connectivity index (χ3n) is 6.38. The number of nitrogens with one attached hydrogen (secondary N) is 2. The van der Waals surface area contributed by atoms with E-state index in [9.17, 15) is 27.2 Å². The van der Waals surface area contributed by atoms with Gasteiger partial charge in [-0.15, -0.1) is 0 Å². The minimum absolute atomic E-state index is 0.0223. The number of hydrogen-bond donors (Lipinski definition) is 2. The topological polar surface area (TPSA) is 92.8 Å². The van der Waals surface area contributed by atoms with E-state index in [0.29, 0.717) is 19.4 Å². The van der Waals surface area contributed by atoms with Crippen molar-refractivity contribution in [2.75, 3.05) is 19.0 Å². The summed E-state index contributed by atoms with van der Waals surface area (Å²) in [4.78, 5) is 30.8. The summed E-state index contributed by atoms with van der Waals surface area (Å²) in [6.45, 7) is 5.56. The lowest BCUT2D eigenvalue weighted by atomic mass is 9.85. The van der Waals surface area contributed by atoms with E-state index < -0.39 is 41.6 Å². The van der Waals surface area contributed by atoms with E-state index in [1.165, 1.54) is 18.1 Å². The Morgan fingerprint density at radius 3 is 2.39 bits per heavy atom. The van der Waals surface area contributed by atoms with E-state index in [1.54, 1.807) is 20.8 Å². The number of pyridine rings is 1. The van der Waals surface area contributed by atoms with Crippen LogP contribution in [0, 0.1) is 11.7 Å². The van der Waals surface area contributed by atoms with Gasteiger partial charge in [-0.3, -0.25) is 9.69 Å². The van der Waals surface area contributed by atoms with Crippen molar-refractivity contribution >= 4 is 17.8 Å². The number of aromatic nitrogens is 1. The average molecular weight is 519 g/mol. The van der Waals surface area contributed by atoms with Gasteiger partial charge in [0.15, 0.2) is 11.6 Å². The molecule has 2 fully saturated rings. The Kier molecular flexibility index (Phi) is 8.55. The molecule has 2 aliphatic rings. The number of methoxy groups -OCH3 is 1. The van der Waals surface area contributed by atoms with Gasteiger partial charge >= 0.3 is 12.3 Å². The van der Waals surface area contributed by atoms with Crippen molar-refractivity contribution in [3.05, 3.63) is 17.4 Å². The fourth-order valence-electron chi connectivity index (χ4n) is 4.55. The van der Waals surface area contributed by atoms with Crippen molar-refractivity contribution in [3.8, 4) is 5.88 Å². The van der Waals surface area contributed by atoms with Crippen LogP contribution in [-0.2, 0) is 16.1 Å². The first-order valence-electron chi connectivity index (χ1n) is 12.1. The monoisotopic (exact) mass is 518 g/mol. The minimum atomic E-state index is -4.22. The Morgan fingerprint density at radius 1 is 1.14 bits per heavy atom. The maximum Gasteiger partial charge on any atom is 0.410 e. The lowest BCUT2D eigenvalue weighted by Crippen LogP contribution is -2.47. The highest BCUT2D eigenvalue weighted by Crippen LogP contribution is 2.38. The second-order valence-corrected chi connectivity index (χ2v) is 10.3. The van der Waals surface area contributed by atoms with E-state index >= 15 is 0 Å². The van der Waals surface area contributed by atoms with Gasteiger partial charge < -0.3 is 20.1 Å². The summed E-state index contributed by atoms with van der Waals surface area (Å²) in [5, 5.41) is 5.60. The van der Waals surface area contributed by atoms with E-state index in [-0.39, 0.29) is 55.5 Å². The molecule has 2 N–H and O–H groups in total. The van der Waals surface area contributed by atoms with Crippen LogP contribution in [0.5, 0.6) is 5.88 Å². The number of hydrogen-bond acceptors (Lipinski definition) is 6. The first-order valence-corrected chi connectivity index (χ1v) is 12.1. The molecule has 2 amide bonds. The first-order chi connectivity index (χ1) is 16.8. The second kappa shape index (κ2) is 11.1. The molecular formula is C24H34F4N4O4. The molecule has 12 heteroatoms. The molecule has 1 aliphatic heterocycles. The third-order valence-corrected chi connectivity index (χ3v) is 6.38. The number of anilines is 1. The highest BCUT2D eigenvalue weighted by atomic mass is 19.4. The molecule has 0 unspecified atom stereocenters. The second-order valence-electron chi connectivity index (χ2n) is 10.3. The van der Waals surface area contributed by atoms with Crippen LogP contribution in [-0.4, -0.2) is 59.4 Å². The van der Waals surface area contributed by atoms with Crippen LogP contribution in [0.3, 0.4) is 0 Å².